The minimum absolute atomic E-state index is 0.0358. The Balaban J connectivity index is 0.000000448. The summed E-state index contributed by atoms with van der Waals surface area (Å²) in [5, 5.41) is 24.4. The maximum absolute atomic E-state index is 13.4. The van der Waals surface area contributed by atoms with E-state index in [2.05, 4.69) is 15.3 Å². The van der Waals surface area contributed by atoms with Crippen LogP contribution in [0.25, 0.3) is 33.8 Å². The highest BCUT2D eigenvalue weighted by atomic mass is 19.4. The zero-order chi connectivity index (χ0) is 28.5. The fourth-order valence-corrected chi connectivity index (χ4v) is 4.11. The Labute approximate surface area is 217 Å². The number of carboxylic acid groups (broad SMARTS) is 1. The summed E-state index contributed by atoms with van der Waals surface area (Å²) in [6, 6.07) is 6.60. The molecule has 1 atom stereocenters. The first-order chi connectivity index (χ1) is 18.4. The topological polar surface area (TPSA) is 200 Å². The number of pyridine rings is 1. The van der Waals surface area contributed by atoms with E-state index in [9.17, 15) is 23.1 Å². The first-order valence-electron chi connectivity index (χ1n) is 11.5. The zero-order valence-corrected chi connectivity index (χ0v) is 20.4. The normalized spacial score (nSPS) is 15.3. The summed E-state index contributed by atoms with van der Waals surface area (Å²) in [6.07, 6.45) is -2.76. The summed E-state index contributed by atoms with van der Waals surface area (Å²) in [4.78, 5) is 33.4. The van der Waals surface area contributed by atoms with Gasteiger partial charge in [-0.3, -0.25) is 9.78 Å². The van der Waals surface area contributed by atoms with Gasteiger partial charge in [0.2, 0.25) is 0 Å². The molecule has 6 N–H and O–H groups in total. The van der Waals surface area contributed by atoms with Crippen molar-refractivity contribution in [2.75, 3.05) is 18.8 Å². The number of rotatable bonds is 4. The number of likely N-dealkylation sites (tertiary alicyclic amines) is 1. The molecule has 0 bridgehead atoms. The van der Waals surface area contributed by atoms with Gasteiger partial charge in [0.15, 0.2) is 17.3 Å². The van der Waals surface area contributed by atoms with Gasteiger partial charge in [0.25, 0.3) is 5.91 Å². The van der Waals surface area contributed by atoms with E-state index < -0.39 is 12.1 Å². The highest BCUT2D eigenvalue weighted by Gasteiger charge is 2.38. The van der Waals surface area contributed by atoms with Gasteiger partial charge in [0, 0.05) is 37.4 Å². The molecule has 1 saturated heterocycles. The van der Waals surface area contributed by atoms with E-state index >= 15 is 0 Å². The number of benzene rings is 1. The molecule has 1 aromatic carbocycles. The summed E-state index contributed by atoms with van der Waals surface area (Å²) >= 11 is 0. The number of phenolic OH excluding ortho intramolecular Hbond substituents is 1. The molecule has 4 aromatic rings. The maximum Gasteiger partial charge on any atom is 0.490 e. The molecule has 3 aromatic heterocycles. The lowest BCUT2D eigenvalue weighted by Gasteiger charge is -2.17. The largest absolute Gasteiger partial charge is 0.508 e. The minimum Gasteiger partial charge on any atom is -0.508 e. The number of hydrogen-bond acceptors (Lipinski definition) is 10. The van der Waals surface area contributed by atoms with Gasteiger partial charge in [-0.15, -0.1) is 0 Å². The molecule has 1 fully saturated rings. The van der Waals surface area contributed by atoms with Crippen molar-refractivity contribution in [1.82, 2.24) is 29.7 Å². The highest BCUT2D eigenvalue weighted by molar-refractivity contribution is 6.08. The average Bonchev–Trinajstić information content (AvgIpc) is 3.61. The number of carboxylic acids is 1. The third-order valence-corrected chi connectivity index (χ3v) is 5.94. The van der Waals surface area contributed by atoms with Crippen molar-refractivity contribution in [2.24, 2.45) is 5.73 Å². The van der Waals surface area contributed by atoms with Gasteiger partial charge in [0.05, 0.1) is 16.8 Å². The molecule has 4 heterocycles. The van der Waals surface area contributed by atoms with Crippen molar-refractivity contribution in [2.45, 2.75) is 32.1 Å². The van der Waals surface area contributed by atoms with Crippen LogP contribution in [0.2, 0.25) is 0 Å². The van der Waals surface area contributed by atoms with Gasteiger partial charge < -0.3 is 31.1 Å². The van der Waals surface area contributed by atoms with E-state index in [1.54, 1.807) is 35.4 Å². The fraction of sp³-hybridized carbons (Fsp3) is 0.304. The molecular formula is C23H23F3N8O5. The number of phenols is 1. The van der Waals surface area contributed by atoms with Crippen LogP contribution in [0.4, 0.5) is 19.0 Å². The molecule has 1 aliphatic heterocycles. The quantitative estimate of drug-likeness (QED) is 0.292. The Morgan fingerprint density at radius 3 is 2.36 bits per heavy atom. The van der Waals surface area contributed by atoms with Crippen LogP contribution in [-0.2, 0) is 11.3 Å². The molecule has 5 rings (SSSR count). The van der Waals surface area contributed by atoms with Gasteiger partial charge in [0.1, 0.15) is 11.3 Å². The maximum atomic E-state index is 13.4. The summed E-state index contributed by atoms with van der Waals surface area (Å²) in [5.74, 6) is -2.23. The van der Waals surface area contributed by atoms with Crippen LogP contribution in [0.3, 0.4) is 0 Å². The van der Waals surface area contributed by atoms with E-state index in [1.165, 1.54) is 0 Å². The molecule has 1 amide bonds. The van der Waals surface area contributed by atoms with Gasteiger partial charge >= 0.3 is 12.1 Å². The second kappa shape index (κ2) is 10.6. The zero-order valence-electron chi connectivity index (χ0n) is 20.4. The number of hydrogen-bond donors (Lipinski definition) is 4. The second-order valence-corrected chi connectivity index (χ2v) is 8.55. The molecule has 1 aliphatic rings. The minimum atomic E-state index is -5.08. The van der Waals surface area contributed by atoms with Gasteiger partial charge in [-0.1, -0.05) is 0 Å². The Bertz CT molecular complexity index is 1520. The Kier molecular flexibility index (Phi) is 7.40. The molecule has 206 valence electrons. The number of aryl methyl sites for hydroxylation is 1. The number of nitrogens with zero attached hydrogens (tertiary/aromatic N) is 6. The van der Waals surface area contributed by atoms with Crippen LogP contribution in [-0.4, -0.2) is 77.1 Å². The Morgan fingerprint density at radius 1 is 1.18 bits per heavy atom. The summed E-state index contributed by atoms with van der Waals surface area (Å²) in [7, 11) is 0. The number of nitrogens with two attached hydrogens (primary N) is 2. The van der Waals surface area contributed by atoms with Crippen LogP contribution in [0, 0.1) is 0 Å². The lowest BCUT2D eigenvalue weighted by molar-refractivity contribution is -0.192. The van der Waals surface area contributed by atoms with E-state index in [0.717, 1.165) is 12.0 Å². The van der Waals surface area contributed by atoms with E-state index in [4.69, 9.17) is 31.0 Å². The number of anilines is 1. The predicted octanol–water partition coefficient (Wildman–Crippen LogP) is 2.26. The number of amides is 1. The number of alkyl halides is 3. The number of aliphatic carboxylic acids is 1. The van der Waals surface area contributed by atoms with Gasteiger partial charge in [-0.25, -0.2) is 14.4 Å². The summed E-state index contributed by atoms with van der Waals surface area (Å²) in [5.41, 5.74) is 15.1. The molecule has 39 heavy (non-hydrogen) atoms. The molecule has 0 radical (unpaired) electrons. The number of nitrogen functional groups attached to an aromatic ring is 1. The SMILES string of the molecule is CCn1c(-c2nonc2N)nc2c(-c3ccc(O)cc3)ncc(C(=O)N3CCC(N)C3)c21.O=C(O)C(F)(F)F. The first kappa shape index (κ1) is 27.3. The average molecular weight is 548 g/mol. The fourth-order valence-electron chi connectivity index (χ4n) is 4.11. The van der Waals surface area contributed by atoms with Crippen molar-refractivity contribution in [3.63, 3.8) is 0 Å². The molecular weight excluding hydrogens is 525 g/mol. The number of carbonyl (C=O) groups excluding carboxylic acids is 1. The standard InChI is InChI=1S/C21H22N8O3.C2HF3O2/c1-2-29-18-14(21(31)28-8-7-12(22)10-28)9-24-15(11-3-5-13(30)6-4-11)16(18)25-20(29)17-19(23)27-32-26-17;3-2(4,5)1(6)7/h3-6,9,12,30H,2,7-8,10,22H2,1H3,(H2,23,27);(H,6,7). The van der Waals surface area contributed by atoms with Crippen LogP contribution in [0.1, 0.15) is 23.7 Å². The second-order valence-electron chi connectivity index (χ2n) is 8.55. The van der Waals surface area contributed by atoms with Crippen LogP contribution in [0.5, 0.6) is 5.75 Å². The number of fused-ring (bicyclic) bond motifs is 1. The van der Waals surface area contributed by atoms with E-state index in [0.29, 0.717) is 53.4 Å². The molecule has 13 nitrogen and oxygen atoms in total. The molecule has 1 unspecified atom stereocenters. The Morgan fingerprint density at radius 2 is 1.85 bits per heavy atom. The summed E-state index contributed by atoms with van der Waals surface area (Å²) in [6.45, 7) is 3.52. The van der Waals surface area contributed by atoms with E-state index in [-0.39, 0.29) is 23.5 Å². The third kappa shape index (κ3) is 5.45. The van der Waals surface area contributed by atoms with Crippen LogP contribution in [0.15, 0.2) is 35.1 Å². The molecule has 0 saturated carbocycles. The smallest absolute Gasteiger partial charge is 0.490 e. The lowest BCUT2D eigenvalue weighted by Crippen LogP contribution is -2.32. The molecule has 0 spiro atoms. The van der Waals surface area contributed by atoms with Crippen molar-refractivity contribution in [3.05, 3.63) is 36.0 Å². The number of aromatic nitrogens is 5. The monoisotopic (exact) mass is 548 g/mol. The highest BCUT2D eigenvalue weighted by Crippen LogP contribution is 2.34. The van der Waals surface area contributed by atoms with Crippen molar-refractivity contribution >= 4 is 28.7 Å². The summed E-state index contributed by atoms with van der Waals surface area (Å²) < 4.78 is 38.4. The number of aromatic hydroxyl groups is 1. The van der Waals surface area contributed by atoms with Crippen molar-refractivity contribution in [3.8, 4) is 28.5 Å². The number of carbonyl (C=O) groups is 2. The Hall–Kier alpha value is -4.73. The third-order valence-electron chi connectivity index (χ3n) is 5.94. The van der Waals surface area contributed by atoms with Crippen LogP contribution >= 0.6 is 0 Å². The van der Waals surface area contributed by atoms with Crippen LogP contribution < -0.4 is 11.5 Å². The van der Waals surface area contributed by atoms with Gasteiger partial charge in [-0.2, -0.15) is 13.2 Å². The van der Waals surface area contributed by atoms with Crippen molar-refractivity contribution in [1.29, 1.82) is 0 Å². The van der Waals surface area contributed by atoms with E-state index in [1.807, 2.05) is 11.5 Å². The number of halogens is 3. The lowest BCUT2D eigenvalue weighted by atomic mass is 10.1. The predicted molar refractivity (Wildman–Crippen MR) is 130 cm³/mol. The number of imidazole rings is 1. The first-order valence-corrected chi connectivity index (χ1v) is 11.5. The molecule has 0 aliphatic carbocycles. The molecule has 16 heteroatoms. The van der Waals surface area contributed by atoms with Crippen molar-refractivity contribution < 1.29 is 37.6 Å². The van der Waals surface area contributed by atoms with Gasteiger partial charge in [-0.05, 0) is 47.9 Å².